The van der Waals surface area contributed by atoms with E-state index in [1.165, 1.54) is 6.07 Å². The maximum Gasteiger partial charge on any atom is 0.252 e. The van der Waals surface area contributed by atoms with Crippen LogP contribution in [0.3, 0.4) is 0 Å². The lowest BCUT2D eigenvalue weighted by atomic mass is 10.3. The van der Waals surface area contributed by atoms with Crippen molar-refractivity contribution in [3.8, 4) is 0 Å². The van der Waals surface area contributed by atoms with Gasteiger partial charge < -0.3 is 20.5 Å². The lowest BCUT2D eigenvalue weighted by Crippen LogP contribution is -2.47. The molecule has 0 aliphatic carbocycles. The summed E-state index contributed by atoms with van der Waals surface area (Å²) in [6.45, 7) is 4.96. The molecule has 3 N–H and O–H groups in total. The number of piperazine rings is 1. The molecule has 7 nitrogen and oxygen atoms in total. The minimum Gasteiger partial charge on any atom is -0.396 e. The third-order valence-electron chi connectivity index (χ3n) is 3.57. The number of aromatic nitrogens is 3. The molecule has 21 heavy (non-hydrogen) atoms. The maximum atomic E-state index is 11.5. The highest BCUT2D eigenvalue weighted by Gasteiger charge is 2.20. The summed E-state index contributed by atoms with van der Waals surface area (Å²) in [5.74, 6) is 2.19. The van der Waals surface area contributed by atoms with Gasteiger partial charge in [-0.1, -0.05) is 0 Å². The number of aryl methyl sites for hydroxylation is 1. The molecule has 2 aromatic heterocycles. The predicted octanol–water partition coefficient (Wildman–Crippen LogP) is 0.382. The Morgan fingerprint density at radius 2 is 1.95 bits per heavy atom. The molecule has 110 valence electrons. The van der Waals surface area contributed by atoms with Crippen LogP contribution in [0.4, 0.5) is 17.3 Å². The Balaban J connectivity index is 1.73. The van der Waals surface area contributed by atoms with Gasteiger partial charge in [0.25, 0.3) is 5.56 Å². The van der Waals surface area contributed by atoms with Gasteiger partial charge in [-0.2, -0.15) is 0 Å². The van der Waals surface area contributed by atoms with Crippen molar-refractivity contribution in [1.29, 1.82) is 0 Å². The summed E-state index contributed by atoms with van der Waals surface area (Å²) < 4.78 is 0. The molecule has 0 bridgehead atoms. The number of nitrogen functional groups attached to an aromatic ring is 1. The zero-order chi connectivity index (χ0) is 14.8. The van der Waals surface area contributed by atoms with Crippen LogP contribution in [0.1, 0.15) is 5.82 Å². The van der Waals surface area contributed by atoms with Gasteiger partial charge in [0.2, 0.25) is 0 Å². The van der Waals surface area contributed by atoms with Gasteiger partial charge in [0, 0.05) is 38.4 Å². The van der Waals surface area contributed by atoms with E-state index in [9.17, 15) is 4.79 Å². The molecule has 1 aliphatic rings. The highest BCUT2D eigenvalue weighted by molar-refractivity contribution is 5.62. The summed E-state index contributed by atoms with van der Waals surface area (Å²) in [5, 5.41) is 0. The molecule has 0 unspecified atom stereocenters. The molecule has 0 spiro atoms. The minimum absolute atomic E-state index is 0.117. The van der Waals surface area contributed by atoms with Gasteiger partial charge in [-0.3, -0.25) is 4.79 Å². The van der Waals surface area contributed by atoms with Gasteiger partial charge in [0.05, 0.1) is 5.69 Å². The summed E-state index contributed by atoms with van der Waals surface area (Å²) in [5.41, 5.74) is 6.54. The van der Waals surface area contributed by atoms with Crippen LogP contribution in [0.15, 0.2) is 29.2 Å². The molecule has 3 heterocycles. The Hall–Kier alpha value is -2.57. The molecule has 3 rings (SSSR count). The first-order valence-electron chi connectivity index (χ1n) is 6.92. The van der Waals surface area contributed by atoms with Crippen LogP contribution in [0, 0.1) is 6.92 Å². The third-order valence-corrected chi connectivity index (χ3v) is 3.57. The number of H-pyrrole nitrogens is 1. The fraction of sp³-hybridized carbons (Fsp3) is 0.357. The van der Waals surface area contributed by atoms with Gasteiger partial charge >= 0.3 is 0 Å². The molecular formula is C14H18N6O. The van der Waals surface area contributed by atoms with Crippen molar-refractivity contribution in [3.63, 3.8) is 0 Å². The topological polar surface area (TPSA) is 91.1 Å². The fourth-order valence-electron chi connectivity index (χ4n) is 2.55. The lowest BCUT2D eigenvalue weighted by molar-refractivity contribution is 0.640. The van der Waals surface area contributed by atoms with E-state index < -0.39 is 0 Å². The summed E-state index contributed by atoms with van der Waals surface area (Å²) >= 11 is 0. The van der Waals surface area contributed by atoms with Crippen molar-refractivity contribution in [3.05, 3.63) is 40.6 Å². The number of rotatable bonds is 2. The number of nitrogens with zero attached hydrogens (tertiary/aromatic N) is 4. The summed E-state index contributed by atoms with van der Waals surface area (Å²) in [4.78, 5) is 27.2. The standard InChI is InChI=1S/C14H18N6O/c1-10-17-12(9-13(21)18-10)19-5-7-20(8-6-19)14-11(15)3-2-4-16-14/h2-4,9H,5-8,15H2,1H3,(H,17,18,21). The van der Waals surface area contributed by atoms with Crippen molar-refractivity contribution in [2.45, 2.75) is 6.92 Å². The van der Waals surface area contributed by atoms with E-state index in [4.69, 9.17) is 5.73 Å². The number of aromatic amines is 1. The minimum atomic E-state index is -0.117. The predicted molar refractivity (Wildman–Crippen MR) is 82.7 cm³/mol. The second-order valence-corrected chi connectivity index (χ2v) is 5.08. The number of pyridine rings is 1. The maximum absolute atomic E-state index is 11.5. The second kappa shape index (κ2) is 5.43. The van der Waals surface area contributed by atoms with Gasteiger partial charge in [-0.05, 0) is 19.1 Å². The van der Waals surface area contributed by atoms with Crippen molar-refractivity contribution in [1.82, 2.24) is 15.0 Å². The van der Waals surface area contributed by atoms with Gasteiger partial charge in [0.1, 0.15) is 11.6 Å². The normalized spacial score (nSPS) is 15.3. The second-order valence-electron chi connectivity index (χ2n) is 5.08. The Kier molecular flexibility index (Phi) is 3.47. The van der Waals surface area contributed by atoms with Crippen molar-refractivity contribution in [2.24, 2.45) is 0 Å². The zero-order valence-electron chi connectivity index (χ0n) is 11.9. The molecule has 7 heteroatoms. The van der Waals surface area contributed by atoms with Crippen LogP contribution in [0.25, 0.3) is 0 Å². The van der Waals surface area contributed by atoms with E-state index >= 15 is 0 Å². The average molecular weight is 286 g/mol. The molecule has 0 aromatic carbocycles. The SMILES string of the molecule is Cc1nc(N2CCN(c3ncccc3N)CC2)cc(=O)[nH]1. The summed E-state index contributed by atoms with van der Waals surface area (Å²) in [6.07, 6.45) is 1.75. The zero-order valence-corrected chi connectivity index (χ0v) is 11.9. The molecule has 1 aliphatic heterocycles. The molecule has 2 aromatic rings. The molecule has 1 saturated heterocycles. The summed E-state index contributed by atoms with van der Waals surface area (Å²) in [7, 11) is 0. The van der Waals surface area contributed by atoms with Crippen LogP contribution < -0.4 is 21.1 Å². The van der Waals surface area contributed by atoms with E-state index in [1.54, 1.807) is 13.1 Å². The highest BCUT2D eigenvalue weighted by Crippen LogP contribution is 2.21. The number of hydrogen-bond donors (Lipinski definition) is 2. The molecule has 0 amide bonds. The van der Waals surface area contributed by atoms with Crippen molar-refractivity contribution >= 4 is 17.3 Å². The monoisotopic (exact) mass is 286 g/mol. The van der Waals surface area contributed by atoms with Crippen molar-refractivity contribution in [2.75, 3.05) is 41.7 Å². The van der Waals surface area contributed by atoms with Crippen LogP contribution in [-0.4, -0.2) is 41.1 Å². The number of nitrogens with one attached hydrogen (secondary N) is 1. The Morgan fingerprint density at radius 1 is 1.24 bits per heavy atom. The summed E-state index contributed by atoms with van der Waals surface area (Å²) in [6, 6.07) is 5.23. The van der Waals surface area contributed by atoms with Crippen LogP contribution in [0.2, 0.25) is 0 Å². The quantitative estimate of drug-likeness (QED) is 0.829. The van der Waals surface area contributed by atoms with E-state index in [-0.39, 0.29) is 5.56 Å². The van der Waals surface area contributed by atoms with Gasteiger partial charge in [-0.15, -0.1) is 0 Å². The first kappa shape index (κ1) is 13.4. The van der Waals surface area contributed by atoms with Crippen LogP contribution in [-0.2, 0) is 0 Å². The number of hydrogen-bond acceptors (Lipinski definition) is 6. The fourth-order valence-corrected chi connectivity index (χ4v) is 2.55. The van der Waals surface area contributed by atoms with Gasteiger partial charge in [0.15, 0.2) is 5.82 Å². The molecule has 0 saturated carbocycles. The van der Waals surface area contributed by atoms with Gasteiger partial charge in [-0.25, -0.2) is 9.97 Å². The van der Waals surface area contributed by atoms with Crippen molar-refractivity contribution < 1.29 is 0 Å². The van der Waals surface area contributed by atoms with Crippen LogP contribution in [0.5, 0.6) is 0 Å². The van der Waals surface area contributed by atoms with E-state index in [1.807, 2.05) is 12.1 Å². The number of anilines is 3. The first-order chi connectivity index (χ1) is 10.1. The molecule has 0 radical (unpaired) electrons. The third kappa shape index (κ3) is 2.81. The molecule has 0 atom stereocenters. The molecular weight excluding hydrogens is 268 g/mol. The highest BCUT2D eigenvalue weighted by atomic mass is 16.1. The Labute approximate surface area is 122 Å². The smallest absolute Gasteiger partial charge is 0.252 e. The first-order valence-corrected chi connectivity index (χ1v) is 6.92. The largest absolute Gasteiger partial charge is 0.396 e. The lowest BCUT2D eigenvalue weighted by Gasteiger charge is -2.36. The Bertz CT molecular complexity index is 690. The van der Waals surface area contributed by atoms with Crippen LogP contribution >= 0.6 is 0 Å². The van der Waals surface area contributed by atoms with E-state index in [0.29, 0.717) is 11.5 Å². The Morgan fingerprint density at radius 3 is 2.62 bits per heavy atom. The number of nitrogens with two attached hydrogens (primary N) is 1. The van der Waals surface area contributed by atoms with E-state index in [0.717, 1.165) is 37.8 Å². The van der Waals surface area contributed by atoms with E-state index in [2.05, 4.69) is 24.8 Å². The molecule has 1 fully saturated rings. The average Bonchev–Trinajstić information content (AvgIpc) is 2.47.